The molecule has 3 aromatic heterocycles. The van der Waals surface area contributed by atoms with Crippen LogP contribution in [-0.4, -0.2) is 25.7 Å². The lowest BCUT2D eigenvalue weighted by molar-refractivity contribution is 0.262. The molecule has 0 fully saturated rings. The minimum absolute atomic E-state index is 0.174. The molecule has 2 N–H and O–H groups in total. The van der Waals surface area contributed by atoms with Gasteiger partial charge < -0.3 is 9.84 Å². The molecule has 28 heavy (non-hydrogen) atoms. The SMILES string of the molecule is CC(C)(C)c1cc(NC(=O)Nc2ccc(-n3cnc4ncccc43)cc2)no1. The Morgan fingerprint density at radius 2 is 1.86 bits per heavy atom. The van der Waals surface area contributed by atoms with E-state index in [1.165, 1.54) is 0 Å². The average Bonchev–Trinajstić information content (AvgIpc) is 3.29. The lowest BCUT2D eigenvalue weighted by atomic mass is 9.93. The monoisotopic (exact) mass is 376 g/mol. The van der Waals surface area contributed by atoms with Gasteiger partial charge in [0.2, 0.25) is 0 Å². The maximum absolute atomic E-state index is 12.2. The number of imidazole rings is 1. The largest absolute Gasteiger partial charge is 0.359 e. The first kappa shape index (κ1) is 17.7. The highest BCUT2D eigenvalue weighted by molar-refractivity contribution is 5.99. The number of anilines is 2. The quantitative estimate of drug-likeness (QED) is 0.554. The molecule has 0 spiro atoms. The van der Waals surface area contributed by atoms with Crippen LogP contribution in [0.25, 0.3) is 16.9 Å². The van der Waals surface area contributed by atoms with Gasteiger partial charge in [-0.1, -0.05) is 25.9 Å². The summed E-state index contributed by atoms with van der Waals surface area (Å²) in [5.74, 6) is 1.07. The molecule has 2 amide bonds. The zero-order valence-electron chi connectivity index (χ0n) is 15.8. The number of carbonyl (C=O) groups is 1. The molecule has 4 rings (SSSR count). The zero-order chi connectivity index (χ0) is 19.7. The van der Waals surface area contributed by atoms with Crippen LogP contribution in [0.2, 0.25) is 0 Å². The average molecular weight is 376 g/mol. The van der Waals surface area contributed by atoms with Gasteiger partial charge in [0.1, 0.15) is 12.1 Å². The number of aromatic nitrogens is 4. The van der Waals surface area contributed by atoms with Crippen molar-refractivity contribution in [3.05, 3.63) is 60.7 Å². The second-order valence-corrected chi connectivity index (χ2v) is 7.41. The number of nitrogens with zero attached hydrogens (tertiary/aromatic N) is 4. The number of benzene rings is 1. The molecule has 0 saturated carbocycles. The molecule has 142 valence electrons. The molecule has 0 atom stereocenters. The molecule has 8 heteroatoms. The standard InChI is InChI=1S/C20H20N6O2/c1-20(2,3)16-11-17(25-28-16)24-19(27)23-13-6-8-14(9-7-13)26-12-22-18-15(26)5-4-10-21-18/h4-12H,1-3H3,(H2,23,24,25,27). The fraction of sp³-hybridized carbons (Fsp3) is 0.200. The van der Waals surface area contributed by atoms with Gasteiger partial charge in [-0.25, -0.2) is 14.8 Å². The number of hydrogen-bond acceptors (Lipinski definition) is 5. The summed E-state index contributed by atoms with van der Waals surface area (Å²) in [5.41, 5.74) is 3.01. The van der Waals surface area contributed by atoms with E-state index in [1.807, 2.05) is 61.7 Å². The van der Waals surface area contributed by atoms with Crippen molar-refractivity contribution in [2.45, 2.75) is 26.2 Å². The Morgan fingerprint density at radius 1 is 1.07 bits per heavy atom. The molecule has 0 aliphatic heterocycles. The molecule has 1 aromatic carbocycles. The molecule has 4 aromatic rings. The fourth-order valence-electron chi connectivity index (χ4n) is 2.73. The molecule has 0 aliphatic carbocycles. The van der Waals surface area contributed by atoms with Crippen LogP contribution < -0.4 is 10.6 Å². The predicted octanol–water partition coefficient (Wildman–Crippen LogP) is 4.35. The molecule has 3 heterocycles. The first-order valence-electron chi connectivity index (χ1n) is 8.84. The first-order chi connectivity index (χ1) is 13.4. The minimum atomic E-state index is -0.390. The van der Waals surface area contributed by atoms with Gasteiger partial charge in [-0.2, -0.15) is 0 Å². The van der Waals surface area contributed by atoms with E-state index in [-0.39, 0.29) is 5.41 Å². The van der Waals surface area contributed by atoms with E-state index >= 15 is 0 Å². The van der Waals surface area contributed by atoms with Crippen molar-refractivity contribution >= 4 is 28.7 Å². The van der Waals surface area contributed by atoms with E-state index in [4.69, 9.17) is 4.52 Å². The number of carbonyl (C=O) groups excluding carboxylic acids is 1. The van der Waals surface area contributed by atoms with Crippen LogP contribution in [0.4, 0.5) is 16.3 Å². The highest BCUT2D eigenvalue weighted by Crippen LogP contribution is 2.24. The van der Waals surface area contributed by atoms with Crippen LogP contribution in [0, 0.1) is 0 Å². The van der Waals surface area contributed by atoms with E-state index in [0.29, 0.717) is 22.9 Å². The lowest BCUT2D eigenvalue weighted by Gasteiger charge is -2.12. The summed E-state index contributed by atoms with van der Waals surface area (Å²) in [6.45, 7) is 6.04. The smallest absolute Gasteiger partial charge is 0.324 e. The third kappa shape index (κ3) is 3.57. The number of urea groups is 1. The van der Waals surface area contributed by atoms with Crippen LogP contribution in [0.1, 0.15) is 26.5 Å². The van der Waals surface area contributed by atoms with Gasteiger partial charge in [-0.05, 0) is 36.4 Å². The number of amides is 2. The molecule has 8 nitrogen and oxygen atoms in total. The minimum Gasteiger partial charge on any atom is -0.359 e. The molecule has 0 unspecified atom stereocenters. The van der Waals surface area contributed by atoms with Crippen LogP contribution in [0.3, 0.4) is 0 Å². The van der Waals surface area contributed by atoms with Crippen molar-refractivity contribution in [1.82, 2.24) is 19.7 Å². The number of hydrogen-bond donors (Lipinski definition) is 2. The van der Waals surface area contributed by atoms with Crippen molar-refractivity contribution in [1.29, 1.82) is 0 Å². The summed E-state index contributed by atoms with van der Waals surface area (Å²) in [5, 5.41) is 9.33. The highest BCUT2D eigenvalue weighted by Gasteiger charge is 2.20. The van der Waals surface area contributed by atoms with Gasteiger partial charge in [0.25, 0.3) is 0 Å². The molecular weight excluding hydrogens is 356 g/mol. The Bertz CT molecular complexity index is 1120. The molecule has 0 radical (unpaired) electrons. The summed E-state index contributed by atoms with van der Waals surface area (Å²) in [6.07, 6.45) is 3.44. The molecule has 0 bridgehead atoms. The van der Waals surface area contributed by atoms with E-state index in [1.54, 1.807) is 18.6 Å². The van der Waals surface area contributed by atoms with E-state index in [2.05, 4.69) is 25.8 Å². The second-order valence-electron chi connectivity index (χ2n) is 7.41. The maximum Gasteiger partial charge on any atom is 0.324 e. The lowest BCUT2D eigenvalue weighted by Crippen LogP contribution is -2.19. The van der Waals surface area contributed by atoms with Gasteiger partial charge in [-0.3, -0.25) is 9.88 Å². The van der Waals surface area contributed by atoms with Crippen LogP contribution in [0.15, 0.2) is 59.5 Å². The molecule has 0 saturated heterocycles. The second kappa shape index (κ2) is 6.80. The van der Waals surface area contributed by atoms with Crippen LogP contribution in [-0.2, 0) is 5.41 Å². The summed E-state index contributed by atoms with van der Waals surface area (Å²) < 4.78 is 7.21. The molecular formula is C20H20N6O2. The van der Waals surface area contributed by atoms with Crippen molar-refractivity contribution in [3.8, 4) is 5.69 Å². The summed E-state index contributed by atoms with van der Waals surface area (Å²) in [6, 6.07) is 12.6. The number of pyridine rings is 1. The normalized spacial score (nSPS) is 11.5. The van der Waals surface area contributed by atoms with Gasteiger partial charge in [-0.15, -0.1) is 0 Å². The third-order valence-electron chi connectivity index (χ3n) is 4.22. The summed E-state index contributed by atoms with van der Waals surface area (Å²) in [7, 11) is 0. The molecule has 0 aliphatic rings. The van der Waals surface area contributed by atoms with E-state index in [9.17, 15) is 4.79 Å². The Kier molecular flexibility index (Phi) is 4.31. The fourth-order valence-corrected chi connectivity index (χ4v) is 2.73. The summed E-state index contributed by atoms with van der Waals surface area (Å²) >= 11 is 0. The van der Waals surface area contributed by atoms with E-state index < -0.39 is 6.03 Å². The first-order valence-corrected chi connectivity index (χ1v) is 8.84. The highest BCUT2D eigenvalue weighted by atomic mass is 16.5. The van der Waals surface area contributed by atoms with Gasteiger partial charge >= 0.3 is 6.03 Å². The number of fused-ring (bicyclic) bond motifs is 1. The number of rotatable bonds is 3. The maximum atomic E-state index is 12.2. The Hall–Kier alpha value is -3.68. The predicted molar refractivity (Wildman–Crippen MR) is 107 cm³/mol. The zero-order valence-corrected chi connectivity index (χ0v) is 15.8. The van der Waals surface area contributed by atoms with Crippen LogP contribution >= 0.6 is 0 Å². The van der Waals surface area contributed by atoms with Gasteiger partial charge in [0.15, 0.2) is 11.5 Å². The van der Waals surface area contributed by atoms with Crippen molar-refractivity contribution in [2.24, 2.45) is 0 Å². The topological polar surface area (TPSA) is 97.9 Å². The Labute approximate surface area is 161 Å². The van der Waals surface area contributed by atoms with Crippen molar-refractivity contribution in [2.75, 3.05) is 10.6 Å². The van der Waals surface area contributed by atoms with Crippen molar-refractivity contribution < 1.29 is 9.32 Å². The third-order valence-corrected chi connectivity index (χ3v) is 4.22. The van der Waals surface area contributed by atoms with Crippen molar-refractivity contribution in [3.63, 3.8) is 0 Å². The Balaban J connectivity index is 1.44. The van der Waals surface area contributed by atoms with Crippen LogP contribution in [0.5, 0.6) is 0 Å². The Morgan fingerprint density at radius 3 is 2.57 bits per heavy atom. The summed E-state index contributed by atoms with van der Waals surface area (Å²) in [4.78, 5) is 20.7. The van der Waals surface area contributed by atoms with Gasteiger partial charge in [0, 0.05) is 29.1 Å². The van der Waals surface area contributed by atoms with E-state index in [0.717, 1.165) is 11.2 Å². The number of nitrogens with one attached hydrogen (secondary N) is 2. The van der Waals surface area contributed by atoms with Gasteiger partial charge in [0.05, 0.1) is 5.52 Å².